The van der Waals surface area contributed by atoms with E-state index in [9.17, 15) is 8.42 Å². The fraction of sp³-hybridized carbons (Fsp3) is 0.300. The number of aryl methyl sites for hydroxylation is 1. The minimum absolute atomic E-state index is 0.274. The average Bonchev–Trinajstić information content (AvgIpc) is 2.26. The Morgan fingerprint density at radius 3 is 2.25 bits per heavy atom. The lowest BCUT2D eigenvalue weighted by atomic mass is 10.2. The monoisotopic (exact) mass is 275 g/mol. The Morgan fingerprint density at radius 2 is 1.75 bits per heavy atom. The second kappa shape index (κ2) is 5.75. The second-order valence-corrected chi connectivity index (χ2v) is 6.43. The SMILES string of the molecule is CSC(=NS(=O)(=O)c1ccccc1C)SC. The van der Waals surface area contributed by atoms with Gasteiger partial charge in [0.05, 0.1) is 4.90 Å². The van der Waals surface area contributed by atoms with E-state index in [1.54, 1.807) is 25.1 Å². The predicted molar refractivity (Wildman–Crippen MR) is 72.8 cm³/mol. The van der Waals surface area contributed by atoms with E-state index < -0.39 is 10.0 Å². The zero-order valence-electron chi connectivity index (χ0n) is 9.30. The molecule has 0 aliphatic carbocycles. The highest BCUT2D eigenvalue weighted by atomic mass is 32.2. The van der Waals surface area contributed by atoms with Gasteiger partial charge in [-0.1, -0.05) is 18.2 Å². The number of sulfonamides is 1. The number of rotatable bonds is 2. The van der Waals surface area contributed by atoms with Gasteiger partial charge in [-0.15, -0.1) is 27.9 Å². The summed E-state index contributed by atoms with van der Waals surface area (Å²) in [6.45, 7) is 1.76. The third-order valence-electron chi connectivity index (χ3n) is 1.92. The van der Waals surface area contributed by atoms with Gasteiger partial charge in [0.15, 0.2) is 0 Å². The van der Waals surface area contributed by atoms with E-state index in [0.717, 1.165) is 0 Å². The Kier molecular flexibility index (Phi) is 4.89. The Balaban J connectivity index is 3.23. The number of hydrogen-bond donors (Lipinski definition) is 0. The standard InChI is InChI=1S/C10H13NO2S3/c1-8-6-4-5-7-9(8)16(12,13)11-10(14-2)15-3/h4-7H,1-3H3. The van der Waals surface area contributed by atoms with Crippen LogP contribution in [0.3, 0.4) is 0 Å². The molecule has 0 fully saturated rings. The quantitative estimate of drug-likeness (QED) is 0.615. The predicted octanol–water partition coefficient (Wildman–Crippen LogP) is 2.77. The molecule has 6 heteroatoms. The van der Waals surface area contributed by atoms with E-state index in [2.05, 4.69) is 4.40 Å². The third-order valence-corrected chi connectivity index (χ3v) is 5.46. The molecule has 88 valence electrons. The summed E-state index contributed by atoms with van der Waals surface area (Å²) in [4.78, 5) is 0.274. The number of thioether (sulfide) groups is 2. The molecule has 0 bridgehead atoms. The van der Waals surface area contributed by atoms with Crippen LogP contribution in [0.25, 0.3) is 0 Å². The van der Waals surface area contributed by atoms with Gasteiger partial charge in [-0.05, 0) is 31.1 Å². The smallest absolute Gasteiger partial charge is 0.199 e. The summed E-state index contributed by atoms with van der Waals surface area (Å²) in [5.74, 6) is 0. The van der Waals surface area contributed by atoms with Gasteiger partial charge in [0.25, 0.3) is 10.0 Å². The molecule has 1 aromatic rings. The van der Waals surface area contributed by atoms with Gasteiger partial charge in [-0.2, -0.15) is 8.42 Å². The molecule has 0 atom stereocenters. The summed E-state index contributed by atoms with van der Waals surface area (Å²) in [6.07, 6.45) is 3.62. The van der Waals surface area contributed by atoms with Crippen LogP contribution in [0, 0.1) is 6.92 Å². The second-order valence-electron chi connectivity index (χ2n) is 3.01. The van der Waals surface area contributed by atoms with E-state index in [1.165, 1.54) is 23.5 Å². The van der Waals surface area contributed by atoms with Crippen molar-refractivity contribution < 1.29 is 8.42 Å². The molecular weight excluding hydrogens is 262 g/mol. The summed E-state index contributed by atoms with van der Waals surface area (Å²) >= 11 is 2.66. The van der Waals surface area contributed by atoms with Crippen LogP contribution < -0.4 is 0 Å². The van der Waals surface area contributed by atoms with Crippen LogP contribution in [0.5, 0.6) is 0 Å². The van der Waals surface area contributed by atoms with Gasteiger partial charge < -0.3 is 0 Å². The van der Waals surface area contributed by atoms with Crippen molar-refractivity contribution in [1.82, 2.24) is 0 Å². The summed E-state index contributed by atoms with van der Waals surface area (Å²) < 4.78 is 28.3. The van der Waals surface area contributed by atoms with E-state index in [0.29, 0.717) is 9.94 Å². The first-order chi connectivity index (χ1) is 7.51. The van der Waals surface area contributed by atoms with Crippen LogP contribution in [0.15, 0.2) is 33.6 Å². The molecule has 0 amide bonds. The molecule has 0 spiro atoms. The van der Waals surface area contributed by atoms with Crippen LogP contribution in [-0.4, -0.2) is 25.3 Å². The van der Waals surface area contributed by atoms with Crippen LogP contribution in [0.2, 0.25) is 0 Å². The molecule has 1 rings (SSSR count). The number of nitrogens with zero attached hydrogens (tertiary/aromatic N) is 1. The zero-order valence-corrected chi connectivity index (χ0v) is 11.7. The first-order valence-corrected chi connectivity index (χ1v) is 8.39. The molecule has 0 saturated heterocycles. The Morgan fingerprint density at radius 1 is 1.19 bits per heavy atom. The maximum atomic E-state index is 12.0. The van der Waals surface area contributed by atoms with E-state index in [4.69, 9.17) is 0 Å². The molecule has 16 heavy (non-hydrogen) atoms. The molecule has 0 saturated carbocycles. The summed E-state index contributed by atoms with van der Waals surface area (Å²) in [6, 6.07) is 6.85. The van der Waals surface area contributed by atoms with Crippen molar-refractivity contribution in [2.24, 2.45) is 4.40 Å². The van der Waals surface area contributed by atoms with E-state index in [1.807, 2.05) is 18.6 Å². The minimum atomic E-state index is -3.57. The van der Waals surface area contributed by atoms with Gasteiger partial charge in [-0.3, -0.25) is 0 Å². The molecule has 0 radical (unpaired) electrons. The minimum Gasteiger partial charge on any atom is -0.199 e. The van der Waals surface area contributed by atoms with E-state index >= 15 is 0 Å². The van der Waals surface area contributed by atoms with Crippen LogP contribution in [0.4, 0.5) is 0 Å². The summed E-state index contributed by atoms with van der Waals surface area (Å²) in [5.41, 5.74) is 0.716. The first-order valence-electron chi connectivity index (χ1n) is 4.50. The lowest BCUT2D eigenvalue weighted by molar-refractivity contribution is 0.597. The van der Waals surface area contributed by atoms with Crippen molar-refractivity contribution in [3.63, 3.8) is 0 Å². The highest BCUT2D eigenvalue weighted by Gasteiger charge is 2.15. The van der Waals surface area contributed by atoms with Crippen LogP contribution >= 0.6 is 23.5 Å². The Bertz CT molecular complexity index is 489. The van der Waals surface area contributed by atoms with Crippen LogP contribution in [0.1, 0.15) is 5.56 Å². The number of benzene rings is 1. The van der Waals surface area contributed by atoms with Gasteiger partial charge in [-0.25, -0.2) is 0 Å². The van der Waals surface area contributed by atoms with Crippen molar-refractivity contribution >= 4 is 37.9 Å². The summed E-state index contributed by atoms with van der Waals surface area (Å²) in [5, 5.41) is 0. The molecule has 0 N–H and O–H groups in total. The molecule has 0 aliphatic rings. The van der Waals surface area contributed by atoms with Crippen molar-refractivity contribution in [3.8, 4) is 0 Å². The molecule has 0 heterocycles. The highest BCUT2D eigenvalue weighted by molar-refractivity contribution is 8.38. The lowest BCUT2D eigenvalue weighted by Gasteiger charge is -2.04. The molecule has 0 unspecified atom stereocenters. The Hall–Kier alpha value is -0.460. The van der Waals surface area contributed by atoms with Gasteiger partial charge >= 0.3 is 0 Å². The maximum absolute atomic E-state index is 12.0. The average molecular weight is 275 g/mol. The zero-order chi connectivity index (χ0) is 12.2. The molecular formula is C10H13NO2S3. The topological polar surface area (TPSA) is 46.5 Å². The molecule has 3 nitrogen and oxygen atoms in total. The molecule has 0 aliphatic heterocycles. The van der Waals surface area contributed by atoms with Crippen LogP contribution in [-0.2, 0) is 10.0 Å². The van der Waals surface area contributed by atoms with Crippen molar-refractivity contribution in [3.05, 3.63) is 29.8 Å². The largest absolute Gasteiger partial charge is 0.284 e. The number of hydrogen-bond acceptors (Lipinski definition) is 4. The first kappa shape index (κ1) is 13.6. The highest BCUT2D eigenvalue weighted by Crippen LogP contribution is 2.20. The molecule has 0 aromatic heterocycles. The van der Waals surface area contributed by atoms with Crippen molar-refractivity contribution in [2.45, 2.75) is 11.8 Å². The Labute approximate surface area is 105 Å². The normalized spacial score (nSPS) is 11.2. The third kappa shape index (κ3) is 3.26. The molecule has 1 aromatic carbocycles. The maximum Gasteiger partial charge on any atom is 0.284 e. The lowest BCUT2D eigenvalue weighted by Crippen LogP contribution is -2.01. The van der Waals surface area contributed by atoms with Gasteiger partial charge in [0, 0.05) is 0 Å². The van der Waals surface area contributed by atoms with Crippen molar-refractivity contribution in [2.75, 3.05) is 12.5 Å². The van der Waals surface area contributed by atoms with Crippen molar-refractivity contribution in [1.29, 1.82) is 0 Å². The fourth-order valence-electron chi connectivity index (χ4n) is 1.15. The van der Waals surface area contributed by atoms with Gasteiger partial charge in [0.2, 0.25) is 0 Å². The summed E-state index contributed by atoms with van der Waals surface area (Å²) in [7, 11) is -3.57. The van der Waals surface area contributed by atoms with Gasteiger partial charge in [0.1, 0.15) is 4.38 Å². The van der Waals surface area contributed by atoms with E-state index in [-0.39, 0.29) is 4.90 Å². The fourth-order valence-corrected chi connectivity index (χ4v) is 4.02.